The molecule has 0 radical (unpaired) electrons. The number of piperidine rings is 1. The average Bonchev–Trinajstić information content (AvgIpc) is 3.38. The summed E-state index contributed by atoms with van der Waals surface area (Å²) in [4.78, 5) is 29.6. The van der Waals surface area contributed by atoms with Gasteiger partial charge < -0.3 is 15.0 Å². The maximum absolute atomic E-state index is 13.3. The molecule has 0 aliphatic carbocycles. The van der Waals surface area contributed by atoms with Crippen LogP contribution in [-0.4, -0.2) is 44.0 Å². The van der Waals surface area contributed by atoms with Gasteiger partial charge in [-0.1, -0.05) is 36.4 Å². The number of ether oxygens (including phenoxy) is 1. The van der Waals surface area contributed by atoms with Gasteiger partial charge in [-0.2, -0.15) is 0 Å². The van der Waals surface area contributed by atoms with E-state index in [1.807, 2.05) is 35.2 Å². The Kier molecular flexibility index (Phi) is 6.61. The van der Waals surface area contributed by atoms with Gasteiger partial charge in [0.1, 0.15) is 5.75 Å². The van der Waals surface area contributed by atoms with Gasteiger partial charge in [0.05, 0.1) is 12.5 Å². The Hall–Kier alpha value is -3.12. The minimum absolute atomic E-state index is 0.0124. The van der Waals surface area contributed by atoms with Crippen molar-refractivity contribution < 1.29 is 14.3 Å². The first-order chi connectivity index (χ1) is 15.6. The molecule has 1 aromatic heterocycles. The van der Waals surface area contributed by atoms with Crippen molar-refractivity contribution in [1.82, 2.24) is 10.2 Å². The monoisotopic (exact) mass is 448 g/mol. The van der Waals surface area contributed by atoms with E-state index in [1.54, 1.807) is 37.6 Å². The van der Waals surface area contributed by atoms with Crippen molar-refractivity contribution in [3.8, 4) is 16.2 Å². The zero-order valence-electron chi connectivity index (χ0n) is 18.5. The van der Waals surface area contributed by atoms with E-state index in [0.29, 0.717) is 30.8 Å². The van der Waals surface area contributed by atoms with Gasteiger partial charge in [0.2, 0.25) is 5.91 Å². The largest absolute Gasteiger partial charge is 0.497 e. The molecule has 32 heavy (non-hydrogen) atoms. The average molecular weight is 449 g/mol. The second-order valence-electron chi connectivity index (χ2n) is 8.23. The predicted octanol–water partition coefficient (Wildman–Crippen LogP) is 4.63. The zero-order chi connectivity index (χ0) is 22.6. The number of hydrogen-bond acceptors (Lipinski definition) is 4. The summed E-state index contributed by atoms with van der Waals surface area (Å²) in [6, 6.07) is 19.6. The normalized spacial score (nSPS) is 18.2. The molecule has 5 nitrogen and oxygen atoms in total. The quantitative estimate of drug-likeness (QED) is 0.598. The summed E-state index contributed by atoms with van der Waals surface area (Å²) >= 11 is 1.69. The number of thiophene rings is 1. The van der Waals surface area contributed by atoms with E-state index < -0.39 is 5.41 Å². The molecule has 2 heterocycles. The maximum atomic E-state index is 13.3. The summed E-state index contributed by atoms with van der Waals surface area (Å²) in [6.07, 6.45) is 2.11. The fraction of sp³-hybridized carbons (Fsp3) is 0.308. The number of hydrogen-bond donors (Lipinski definition) is 1. The molecule has 1 aliphatic rings. The number of methoxy groups -OCH3 is 1. The fourth-order valence-electron chi connectivity index (χ4n) is 4.63. The highest BCUT2D eigenvalue weighted by Crippen LogP contribution is 2.38. The second-order valence-corrected chi connectivity index (χ2v) is 9.18. The smallest absolute Gasteiger partial charge is 0.254 e. The summed E-state index contributed by atoms with van der Waals surface area (Å²) in [6.45, 7) is 1.03. The van der Waals surface area contributed by atoms with Crippen LogP contribution in [0.5, 0.6) is 5.75 Å². The summed E-state index contributed by atoms with van der Waals surface area (Å²) < 4.78 is 5.28. The lowest BCUT2D eigenvalue weighted by Crippen LogP contribution is -2.54. The van der Waals surface area contributed by atoms with Gasteiger partial charge in [-0.3, -0.25) is 9.59 Å². The van der Waals surface area contributed by atoms with Crippen LogP contribution < -0.4 is 10.1 Å². The lowest BCUT2D eigenvalue weighted by Gasteiger charge is -2.42. The van der Waals surface area contributed by atoms with Crippen LogP contribution >= 0.6 is 11.3 Å². The standard InChI is InChI=1S/C26H28N2O3S/c1-27-25(30)26(17-20-8-3-4-11-22(20)23-12-6-15-32-23)13-7-14-28(18-26)24(29)19-9-5-10-21(16-19)31-2/h3-6,8-12,15-16H,7,13-14,17-18H2,1-2H3,(H,27,30). The molecule has 166 valence electrons. The highest BCUT2D eigenvalue weighted by molar-refractivity contribution is 7.13. The summed E-state index contributed by atoms with van der Waals surface area (Å²) in [5.41, 5.74) is 2.20. The Morgan fingerprint density at radius 3 is 2.72 bits per heavy atom. The summed E-state index contributed by atoms with van der Waals surface area (Å²) in [5.74, 6) is 0.570. The van der Waals surface area contributed by atoms with E-state index in [1.165, 1.54) is 4.88 Å². The third-order valence-corrected chi connectivity index (χ3v) is 7.13. The molecule has 1 N–H and O–H groups in total. The van der Waals surface area contributed by atoms with Crippen molar-refractivity contribution in [1.29, 1.82) is 0 Å². The second kappa shape index (κ2) is 9.57. The number of rotatable bonds is 6. The molecule has 0 bridgehead atoms. The molecule has 6 heteroatoms. The number of carbonyl (C=O) groups is 2. The van der Waals surface area contributed by atoms with Crippen molar-refractivity contribution in [2.24, 2.45) is 5.41 Å². The Balaban J connectivity index is 1.65. The molecule has 1 atom stereocenters. The molecular formula is C26H28N2O3S. The van der Waals surface area contributed by atoms with Gasteiger partial charge in [-0.25, -0.2) is 0 Å². The van der Waals surface area contributed by atoms with Gasteiger partial charge in [0.25, 0.3) is 5.91 Å². The molecule has 2 aromatic carbocycles. The van der Waals surface area contributed by atoms with E-state index in [4.69, 9.17) is 4.74 Å². The zero-order valence-corrected chi connectivity index (χ0v) is 19.3. The Morgan fingerprint density at radius 1 is 1.12 bits per heavy atom. The number of amides is 2. The van der Waals surface area contributed by atoms with Crippen molar-refractivity contribution in [2.75, 3.05) is 27.2 Å². The fourth-order valence-corrected chi connectivity index (χ4v) is 5.42. The molecule has 1 unspecified atom stereocenters. The topological polar surface area (TPSA) is 58.6 Å². The lowest BCUT2D eigenvalue weighted by molar-refractivity contribution is -0.133. The Bertz CT molecular complexity index is 1100. The van der Waals surface area contributed by atoms with Gasteiger partial charge in [0, 0.05) is 30.6 Å². The highest BCUT2D eigenvalue weighted by atomic mass is 32.1. The summed E-state index contributed by atoms with van der Waals surface area (Å²) in [7, 11) is 3.27. The molecule has 2 amide bonds. The third-order valence-electron chi connectivity index (χ3n) is 6.22. The lowest BCUT2D eigenvalue weighted by atomic mass is 9.73. The van der Waals surface area contributed by atoms with Crippen molar-refractivity contribution in [2.45, 2.75) is 19.3 Å². The van der Waals surface area contributed by atoms with E-state index >= 15 is 0 Å². The van der Waals surface area contributed by atoms with Crippen molar-refractivity contribution >= 4 is 23.2 Å². The van der Waals surface area contributed by atoms with Gasteiger partial charge in [0.15, 0.2) is 0 Å². The van der Waals surface area contributed by atoms with Crippen LogP contribution in [0.3, 0.4) is 0 Å². The van der Waals surface area contributed by atoms with E-state index in [9.17, 15) is 9.59 Å². The van der Waals surface area contributed by atoms with Crippen molar-refractivity contribution in [3.05, 3.63) is 77.2 Å². The molecule has 3 aromatic rings. The van der Waals surface area contributed by atoms with Crippen LogP contribution in [-0.2, 0) is 11.2 Å². The molecule has 0 spiro atoms. The SMILES string of the molecule is CNC(=O)C1(Cc2ccccc2-c2cccs2)CCCN(C(=O)c2cccc(OC)c2)C1. The first kappa shape index (κ1) is 22.1. The van der Waals surface area contributed by atoms with Crippen LogP contribution in [0.2, 0.25) is 0 Å². The third kappa shape index (κ3) is 4.41. The molecule has 1 aliphatic heterocycles. The molecular weight excluding hydrogens is 420 g/mol. The number of benzene rings is 2. The van der Waals surface area contributed by atoms with Crippen LogP contribution in [0.4, 0.5) is 0 Å². The predicted molar refractivity (Wildman–Crippen MR) is 128 cm³/mol. The Morgan fingerprint density at radius 2 is 1.97 bits per heavy atom. The van der Waals surface area contributed by atoms with E-state index in [-0.39, 0.29) is 11.8 Å². The van der Waals surface area contributed by atoms with Gasteiger partial charge in [-0.15, -0.1) is 11.3 Å². The first-order valence-electron chi connectivity index (χ1n) is 10.8. The Labute approximate surface area is 193 Å². The van der Waals surface area contributed by atoms with Crippen LogP contribution in [0.1, 0.15) is 28.8 Å². The van der Waals surface area contributed by atoms with E-state index in [0.717, 1.165) is 24.0 Å². The van der Waals surface area contributed by atoms with Crippen LogP contribution in [0, 0.1) is 5.41 Å². The molecule has 4 rings (SSSR count). The van der Waals surface area contributed by atoms with Crippen LogP contribution in [0.15, 0.2) is 66.0 Å². The van der Waals surface area contributed by atoms with Gasteiger partial charge in [-0.05, 0) is 60.0 Å². The number of likely N-dealkylation sites (tertiary alicyclic amines) is 1. The highest BCUT2D eigenvalue weighted by Gasteiger charge is 2.43. The van der Waals surface area contributed by atoms with Crippen molar-refractivity contribution in [3.63, 3.8) is 0 Å². The minimum Gasteiger partial charge on any atom is -0.497 e. The maximum Gasteiger partial charge on any atom is 0.254 e. The number of carbonyl (C=O) groups excluding carboxylic acids is 2. The first-order valence-corrected chi connectivity index (χ1v) is 11.7. The van der Waals surface area contributed by atoms with Crippen LogP contribution in [0.25, 0.3) is 10.4 Å². The van der Waals surface area contributed by atoms with Gasteiger partial charge >= 0.3 is 0 Å². The number of nitrogens with zero attached hydrogens (tertiary/aromatic N) is 1. The molecule has 1 saturated heterocycles. The van der Waals surface area contributed by atoms with E-state index in [2.05, 4.69) is 28.9 Å². The summed E-state index contributed by atoms with van der Waals surface area (Å²) in [5, 5.41) is 4.94. The molecule has 0 saturated carbocycles. The minimum atomic E-state index is -0.672. The number of nitrogens with one attached hydrogen (secondary N) is 1. The molecule has 1 fully saturated rings.